The molecule has 1 saturated heterocycles. The van der Waals surface area contributed by atoms with Gasteiger partial charge in [0.2, 0.25) is 0 Å². The number of esters is 1. The summed E-state index contributed by atoms with van der Waals surface area (Å²) in [4.78, 5) is 29.6. The van der Waals surface area contributed by atoms with Crippen LogP contribution in [0.2, 0.25) is 0 Å². The first-order valence-corrected chi connectivity index (χ1v) is 11.4. The Hall–Kier alpha value is -2.97. The van der Waals surface area contributed by atoms with Gasteiger partial charge in [0.25, 0.3) is 5.56 Å². The first kappa shape index (κ1) is 23.2. The van der Waals surface area contributed by atoms with E-state index in [-0.39, 0.29) is 23.6 Å². The van der Waals surface area contributed by atoms with Crippen molar-refractivity contribution in [2.75, 3.05) is 13.2 Å². The summed E-state index contributed by atoms with van der Waals surface area (Å²) in [6.45, 7) is 7.47. The van der Waals surface area contributed by atoms with Gasteiger partial charge in [0.1, 0.15) is 18.0 Å². The Labute approximate surface area is 193 Å². The molecule has 0 amide bonds. The molecule has 3 heterocycles. The van der Waals surface area contributed by atoms with E-state index in [2.05, 4.69) is 5.32 Å². The number of nitrogens with zero attached hydrogens (tertiary/aromatic N) is 3. The quantitative estimate of drug-likeness (QED) is 0.555. The van der Waals surface area contributed by atoms with Gasteiger partial charge in [-0.3, -0.25) is 9.59 Å². The van der Waals surface area contributed by atoms with Crippen LogP contribution in [-0.2, 0) is 34.9 Å². The lowest BCUT2D eigenvalue weighted by Crippen LogP contribution is -2.43. The van der Waals surface area contributed by atoms with Gasteiger partial charge in [-0.25, -0.2) is 4.98 Å². The molecule has 1 aromatic carbocycles. The van der Waals surface area contributed by atoms with Gasteiger partial charge in [-0.05, 0) is 36.6 Å². The van der Waals surface area contributed by atoms with Gasteiger partial charge in [-0.1, -0.05) is 19.9 Å². The van der Waals surface area contributed by atoms with Crippen LogP contribution in [-0.4, -0.2) is 45.4 Å². The van der Waals surface area contributed by atoms with Crippen LogP contribution in [0.1, 0.15) is 31.4 Å². The zero-order valence-corrected chi connectivity index (χ0v) is 19.9. The fraction of sp³-hybridized carbons (Fsp3) is 0.480. The SMILES string of the molecule is Cc1cc(-c2nc3cc(CN[C@H](C(=O)OC4CCOC4)C(C)C)ccc3n2C)cn(C)c1=O. The molecule has 0 spiro atoms. The van der Waals surface area contributed by atoms with Crippen molar-refractivity contribution in [3.63, 3.8) is 0 Å². The van der Waals surface area contributed by atoms with E-state index in [1.54, 1.807) is 11.6 Å². The van der Waals surface area contributed by atoms with Crippen LogP contribution in [0.15, 0.2) is 35.3 Å². The minimum Gasteiger partial charge on any atom is -0.459 e. The normalized spacial score (nSPS) is 17.1. The number of rotatable bonds is 7. The molecule has 1 aliphatic heterocycles. The predicted octanol–water partition coefficient (Wildman–Crippen LogP) is 2.69. The molecule has 3 aromatic rings. The van der Waals surface area contributed by atoms with Gasteiger partial charge < -0.3 is 23.9 Å². The van der Waals surface area contributed by atoms with E-state index < -0.39 is 6.04 Å². The third kappa shape index (κ3) is 4.86. The lowest BCUT2D eigenvalue weighted by atomic mass is 10.0. The summed E-state index contributed by atoms with van der Waals surface area (Å²) in [7, 11) is 3.72. The first-order valence-electron chi connectivity index (χ1n) is 11.4. The van der Waals surface area contributed by atoms with E-state index >= 15 is 0 Å². The third-order valence-corrected chi connectivity index (χ3v) is 6.18. The average molecular weight is 453 g/mol. The van der Waals surface area contributed by atoms with E-state index in [0.717, 1.165) is 34.4 Å². The van der Waals surface area contributed by atoms with Crippen molar-refractivity contribution < 1.29 is 14.3 Å². The summed E-state index contributed by atoms with van der Waals surface area (Å²) < 4.78 is 14.5. The standard InChI is InChI=1S/C25H32N4O4/c1-15(2)22(25(31)33-19-8-9-32-14-19)26-12-17-6-7-21-20(11-17)27-23(29(21)5)18-10-16(3)24(30)28(4)13-18/h6-7,10-11,13,15,19,22,26H,8-9,12,14H2,1-5H3/t19?,22-/m0/s1. The van der Waals surface area contributed by atoms with Crippen LogP contribution >= 0.6 is 0 Å². The number of aromatic nitrogens is 3. The molecule has 0 bridgehead atoms. The number of carbonyl (C=O) groups excluding carboxylic acids is 1. The average Bonchev–Trinajstić information content (AvgIpc) is 3.39. The van der Waals surface area contributed by atoms with Crippen molar-refractivity contribution >= 4 is 17.0 Å². The molecule has 1 unspecified atom stereocenters. The zero-order valence-electron chi connectivity index (χ0n) is 19.9. The van der Waals surface area contributed by atoms with Crippen molar-refractivity contribution in [1.29, 1.82) is 0 Å². The number of hydrogen-bond acceptors (Lipinski definition) is 6. The summed E-state index contributed by atoms with van der Waals surface area (Å²) in [6, 6.07) is 7.60. The van der Waals surface area contributed by atoms with Crippen LogP contribution in [0.3, 0.4) is 0 Å². The Balaban J connectivity index is 1.53. The molecule has 0 aliphatic carbocycles. The minimum absolute atomic E-state index is 0.00966. The molecule has 0 radical (unpaired) electrons. The fourth-order valence-corrected chi connectivity index (χ4v) is 4.28. The summed E-state index contributed by atoms with van der Waals surface area (Å²) >= 11 is 0. The largest absolute Gasteiger partial charge is 0.459 e. The molecule has 8 nitrogen and oxygen atoms in total. The summed E-state index contributed by atoms with van der Waals surface area (Å²) in [5.74, 6) is 0.668. The molecule has 2 aromatic heterocycles. The van der Waals surface area contributed by atoms with Gasteiger partial charge >= 0.3 is 5.97 Å². The summed E-state index contributed by atoms with van der Waals surface area (Å²) in [5.41, 5.74) is 4.47. The Kier molecular flexibility index (Phi) is 6.67. The van der Waals surface area contributed by atoms with E-state index in [4.69, 9.17) is 14.5 Å². The second-order valence-electron chi connectivity index (χ2n) is 9.17. The van der Waals surface area contributed by atoms with E-state index in [0.29, 0.717) is 25.3 Å². The lowest BCUT2D eigenvalue weighted by Gasteiger charge is -2.22. The van der Waals surface area contributed by atoms with E-state index in [1.165, 1.54) is 0 Å². The highest BCUT2D eigenvalue weighted by molar-refractivity contribution is 5.81. The highest BCUT2D eigenvalue weighted by Crippen LogP contribution is 2.24. The van der Waals surface area contributed by atoms with Crippen LogP contribution in [0.4, 0.5) is 0 Å². The number of benzene rings is 1. The van der Waals surface area contributed by atoms with Gasteiger partial charge in [-0.15, -0.1) is 0 Å². The van der Waals surface area contributed by atoms with Gasteiger partial charge in [-0.2, -0.15) is 0 Å². The first-order chi connectivity index (χ1) is 15.7. The zero-order chi connectivity index (χ0) is 23.7. The van der Waals surface area contributed by atoms with Crippen LogP contribution in [0.25, 0.3) is 22.4 Å². The van der Waals surface area contributed by atoms with Gasteiger partial charge in [0, 0.05) is 44.4 Å². The molecular formula is C25H32N4O4. The molecule has 8 heteroatoms. The molecule has 4 rings (SSSR count). The number of pyridine rings is 1. The van der Waals surface area contributed by atoms with E-state index in [9.17, 15) is 9.59 Å². The fourth-order valence-electron chi connectivity index (χ4n) is 4.28. The number of ether oxygens (including phenoxy) is 2. The second kappa shape index (κ2) is 9.49. The van der Waals surface area contributed by atoms with Crippen molar-refractivity contribution in [1.82, 2.24) is 19.4 Å². The summed E-state index contributed by atoms with van der Waals surface area (Å²) in [5, 5.41) is 3.36. The Morgan fingerprint density at radius 2 is 2.09 bits per heavy atom. The molecular weight excluding hydrogens is 420 g/mol. The molecule has 1 aliphatic rings. The topological polar surface area (TPSA) is 87.4 Å². The predicted molar refractivity (Wildman–Crippen MR) is 127 cm³/mol. The van der Waals surface area contributed by atoms with Crippen molar-refractivity contribution in [3.8, 4) is 11.4 Å². The Morgan fingerprint density at radius 1 is 1.30 bits per heavy atom. The minimum atomic E-state index is -0.394. The Bertz CT molecular complexity index is 1190. The maximum Gasteiger partial charge on any atom is 0.323 e. The van der Waals surface area contributed by atoms with E-state index in [1.807, 2.05) is 62.8 Å². The summed E-state index contributed by atoms with van der Waals surface area (Å²) in [6.07, 6.45) is 2.42. The number of nitrogens with one attached hydrogen (secondary N) is 1. The second-order valence-corrected chi connectivity index (χ2v) is 9.17. The van der Waals surface area contributed by atoms with Gasteiger partial charge in [0.05, 0.1) is 24.2 Å². The van der Waals surface area contributed by atoms with Gasteiger partial charge in [0.15, 0.2) is 0 Å². The number of imidazole rings is 1. The molecule has 1 N–H and O–H groups in total. The van der Waals surface area contributed by atoms with Crippen LogP contribution in [0, 0.1) is 12.8 Å². The highest BCUT2D eigenvalue weighted by Gasteiger charge is 2.28. The Morgan fingerprint density at radius 3 is 2.76 bits per heavy atom. The van der Waals surface area contributed by atoms with Crippen molar-refractivity contribution in [2.45, 2.75) is 45.9 Å². The number of carbonyl (C=O) groups is 1. The highest BCUT2D eigenvalue weighted by atomic mass is 16.6. The molecule has 33 heavy (non-hydrogen) atoms. The molecule has 0 saturated carbocycles. The lowest BCUT2D eigenvalue weighted by molar-refractivity contribution is -0.152. The molecule has 176 valence electrons. The maximum atomic E-state index is 12.7. The van der Waals surface area contributed by atoms with Crippen molar-refractivity contribution in [3.05, 3.63) is 51.9 Å². The molecule has 2 atom stereocenters. The van der Waals surface area contributed by atoms with Crippen LogP contribution < -0.4 is 10.9 Å². The molecule has 1 fully saturated rings. The number of hydrogen-bond donors (Lipinski definition) is 1. The van der Waals surface area contributed by atoms with Crippen molar-refractivity contribution in [2.24, 2.45) is 20.0 Å². The monoisotopic (exact) mass is 452 g/mol. The smallest absolute Gasteiger partial charge is 0.323 e. The van der Waals surface area contributed by atoms with Crippen LogP contribution in [0.5, 0.6) is 0 Å². The number of fused-ring (bicyclic) bond motifs is 1. The third-order valence-electron chi connectivity index (χ3n) is 6.18. The maximum absolute atomic E-state index is 12.7. The number of aryl methyl sites for hydroxylation is 3.